The summed E-state index contributed by atoms with van der Waals surface area (Å²) in [7, 11) is 0. The molecule has 1 fully saturated rings. The van der Waals surface area contributed by atoms with E-state index in [0.717, 1.165) is 0 Å². The maximum Gasteiger partial charge on any atom is 0.407 e. The Morgan fingerprint density at radius 3 is 2.65 bits per heavy atom. The van der Waals surface area contributed by atoms with Gasteiger partial charge in [0.15, 0.2) is 0 Å². The van der Waals surface area contributed by atoms with Crippen molar-refractivity contribution in [2.45, 2.75) is 39.2 Å². The molecule has 8 heteroatoms. The van der Waals surface area contributed by atoms with Crippen LogP contribution in [0.4, 0.5) is 10.5 Å². The van der Waals surface area contributed by atoms with E-state index in [4.69, 9.17) is 9.84 Å². The van der Waals surface area contributed by atoms with Crippen LogP contribution >= 0.6 is 0 Å². The second-order valence-electron chi connectivity index (χ2n) is 7.55. The molecule has 2 rings (SSSR count). The molecule has 0 aliphatic carbocycles. The number of likely N-dealkylation sites (tertiary alicyclic amines) is 1. The van der Waals surface area contributed by atoms with E-state index in [2.05, 4.69) is 0 Å². The van der Waals surface area contributed by atoms with E-state index in [0.29, 0.717) is 18.5 Å². The third-order valence-corrected chi connectivity index (χ3v) is 4.35. The zero-order valence-corrected chi connectivity index (χ0v) is 15.2. The summed E-state index contributed by atoms with van der Waals surface area (Å²) in [6.07, 6.45) is -0.175. The van der Waals surface area contributed by atoms with Crippen molar-refractivity contribution in [1.29, 1.82) is 0 Å². The number of ether oxygens (including phenoxy) is 1. The summed E-state index contributed by atoms with van der Waals surface area (Å²) in [5.41, 5.74) is -0.0452. The Morgan fingerprint density at radius 2 is 2.12 bits per heavy atom. The molecule has 1 aromatic carbocycles. The summed E-state index contributed by atoms with van der Waals surface area (Å²) in [5.74, 6) is -1.14. The van der Waals surface area contributed by atoms with Crippen LogP contribution in [-0.4, -0.2) is 45.7 Å². The molecule has 8 nitrogen and oxygen atoms in total. The summed E-state index contributed by atoms with van der Waals surface area (Å²) >= 11 is 0. The molecule has 1 heterocycles. The van der Waals surface area contributed by atoms with Crippen LogP contribution in [0.1, 0.15) is 32.8 Å². The first-order valence-corrected chi connectivity index (χ1v) is 8.51. The van der Waals surface area contributed by atoms with Crippen molar-refractivity contribution in [1.82, 2.24) is 4.90 Å². The zero-order valence-electron chi connectivity index (χ0n) is 15.2. The monoisotopic (exact) mass is 364 g/mol. The van der Waals surface area contributed by atoms with Crippen molar-refractivity contribution in [3.63, 3.8) is 0 Å². The van der Waals surface area contributed by atoms with Crippen LogP contribution in [0, 0.1) is 22.0 Å². The lowest BCUT2D eigenvalue weighted by molar-refractivity contribution is -0.384. The standard InChI is InChI=1S/C18H24N2O6/c1-18(2,3)26-16(21)15(13-7-8-19(11-13)17(22)23)10-12-5-4-6-14(9-12)20(24)25/h4-6,9,13,15H,7-8,10-11H2,1-3H3,(H,22,23)/t13-,15-/m0/s1. The molecule has 0 bridgehead atoms. The number of benzene rings is 1. The Morgan fingerprint density at radius 1 is 1.42 bits per heavy atom. The summed E-state index contributed by atoms with van der Waals surface area (Å²) in [6, 6.07) is 6.15. The van der Waals surface area contributed by atoms with Crippen molar-refractivity contribution in [2.75, 3.05) is 13.1 Å². The van der Waals surface area contributed by atoms with E-state index in [9.17, 15) is 19.7 Å². The first kappa shape index (κ1) is 19.7. The normalized spacial score (nSPS) is 18.4. The van der Waals surface area contributed by atoms with Crippen molar-refractivity contribution in [3.05, 3.63) is 39.9 Å². The molecule has 0 unspecified atom stereocenters. The van der Waals surface area contributed by atoms with Gasteiger partial charge in [-0.3, -0.25) is 14.9 Å². The molecule has 1 N–H and O–H groups in total. The summed E-state index contributed by atoms with van der Waals surface area (Å²) < 4.78 is 5.52. The van der Waals surface area contributed by atoms with E-state index >= 15 is 0 Å². The molecule has 142 valence electrons. The topological polar surface area (TPSA) is 110 Å². The van der Waals surface area contributed by atoms with Crippen LogP contribution in [0.5, 0.6) is 0 Å². The fourth-order valence-electron chi connectivity index (χ4n) is 3.16. The summed E-state index contributed by atoms with van der Waals surface area (Å²) in [4.78, 5) is 35.7. The Hall–Kier alpha value is -2.64. The average molecular weight is 364 g/mol. The zero-order chi connectivity index (χ0) is 19.5. The van der Waals surface area contributed by atoms with Gasteiger partial charge in [-0.1, -0.05) is 12.1 Å². The number of carbonyl (C=O) groups excluding carboxylic acids is 1. The molecule has 2 atom stereocenters. The van der Waals surface area contributed by atoms with E-state index in [1.807, 2.05) is 0 Å². The highest BCUT2D eigenvalue weighted by Gasteiger charge is 2.38. The molecule has 0 saturated carbocycles. The molecule has 0 spiro atoms. The number of nitrogens with zero attached hydrogens (tertiary/aromatic N) is 2. The Labute approximate surface area is 151 Å². The smallest absolute Gasteiger partial charge is 0.407 e. The lowest BCUT2D eigenvalue weighted by Crippen LogP contribution is -2.35. The number of carboxylic acid groups (broad SMARTS) is 1. The highest BCUT2D eigenvalue weighted by atomic mass is 16.6. The number of nitro groups is 1. The molecule has 1 aliphatic rings. The molecular formula is C18H24N2O6. The first-order valence-electron chi connectivity index (χ1n) is 8.51. The minimum Gasteiger partial charge on any atom is -0.465 e. The maximum atomic E-state index is 12.7. The Kier molecular flexibility index (Phi) is 5.84. The van der Waals surface area contributed by atoms with Gasteiger partial charge in [-0.25, -0.2) is 4.79 Å². The number of rotatable bonds is 5. The lowest BCUT2D eigenvalue weighted by atomic mass is 9.86. The van der Waals surface area contributed by atoms with E-state index in [1.54, 1.807) is 32.9 Å². The molecule has 1 aliphatic heterocycles. The van der Waals surface area contributed by atoms with Gasteiger partial charge in [0.1, 0.15) is 5.60 Å². The quantitative estimate of drug-likeness (QED) is 0.488. The number of hydrogen-bond acceptors (Lipinski definition) is 5. The Balaban J connectivity index is 2.23. The van der Waals surface area contributed by atoms with Gasteiger partial charge in [0.05, 0.1) is 10.8 Å². The van der Waals surface area contributed by atoms with E-state index in [1.165, 1.54) is 17.0 Å². The van der Waals surface area contributed by atoms with Crippen molar-refractivity contribution >= 4 is 17.7 Å². The second kappa shape index (κ2) is 7.72. The fraction of sp³-hybridized carbons (Fsp3) is 0.556. The van der Waals surface area contributed by atoms with Crippen LogP contribution in [0.3, 0.4) is 0 Å². The van der Waals surface area contributed by atoms with Crippen LogP contribution in [-0.2, 0) is 16.0 Å². The highest BCUT2D eigenvalue weighted by molar-refractivity contribution is 5.74. The predicted molar refractivity (Wildman–Crippen MR) is 93.8 cm³/mol. The van der Waals surface area contributed by atoms with Gasteiger partial charge in [0.25, 0.3) is 5.69 Å². The minimum atomic E-state index is -1.01. The van der Waals surface area contributed by atoms with Gasteiger partial charge >= 0.3 is 12.1 Å². The molecule has 1 amide bonds. The van der Waals surface area contributed by atoms with E-state index < -0.39 is 28.5 Å². The van der Waals surface area contributed by atoms with Gasteiger partial charge in [-0.05, 0) is 45.1 Å². The molecule has 1 aromatic rings. The number of esters is 1. The Bertz CT molecular complexity index is 697. The first-order chi connectivity index (χ1) is 12.1. The van der Waals surface area contributed by atoms with Gasteiger partial charge in [-0.15, -0.1) is 0 Å². The largest absolute Gasteiger partial charge is 0.465 e. The second-order valence-corrected chi connectivity index (χ2v) is 7.55. The van der Waals surface area contributed by atoms with Crippen LogP contribution < -0.4 is 0 Å². The summed E-state index contributed by atoms with van der Waals surface area (Å²) in [6.45, 7) is 5.94. The van der Waals surface area contributed by atoms with Crippen molar-refractivity contribution < 1.29 is 24.4 Å². The lowest BCUT2D eigenvalue weighted by Gasteiger charge is -2.27. The van der Waals surface area contributed by atoms with Gasteiger partial charge < -0.3 is 14.7 Å². The number of hydrogen-bond donors (Lipinski definition) is 1. The number of non-ortho nitro benzene ring substituents is 1. The predicted octanol–water partition coefficient (Wildman–Crippen LogP) is 3.10. The number of carbonyl (C=O) groups is 2. The number of nitro benzene ring substituents is 1. The summed E-state index contributed by atoms with van der Waals surface area (Å²) in [5, 5.41) is 20.1. The fourth-order valence-corrected chi connectivity index (χ4v) is 3.16. The molecule has 0 aromatic heterocycles. The molecular weight excluding hydrogens is 340 g/mol. The van der Waals surface area contributed by atoms with Crippen LogP contribution in [0.2, 0.25) is 0 Å². The average Bonchev–Trinajstić information content (AvgIpc) is 3.01. The highest BCUT2D eigenvalue weighted by Crippen LogP contribution is 2.30. The van der Waals surface area contributed by atoms with Crippen LogP contribution in [0.15, 0.2) is 24.3 Å². The van der Waals surface area contributed by atoms with Crippen molar-refractivity contribution in [2.24, 2.45) is 11.8 Å². The SMILES string of the molecule is CC(C)(C)OC(=O)[C@@H](Cc1cccc([N+](=O)[O-])c1)[C@H]1CCN(C(=O)O)C1. The van der Waals surface area contributed by atoms with Gasteiger partial charge in [0, 0.05) is 25.2 Å². The third-order valence-electron chi connectivity index (χ3n) is 4.35. The van der Waals surface area contributed by atoms with Gasteiger partial charge in [0.2, 0.25) is 0 Å². The minimum absolute atomic E-state index is 0.0379. The van der Waals surface area contributed by atoms with E-state index in [-0.39, 0.29) is 24.6 Å². The third kappa shape index (κ3) is 5.18. The van der Waals surface area contributed by atoms with Gasteiger partial charge in [-0.2, -0.15) is 0 Å². The van der Waals surface area contributed by atoms with Crippen molar-refractivity contribution in [3.8, 4) is 0 Å². The molecule has 26 heavy (non-hydrogen) atoms. The molecule has 1 saturated heterocycles. The number of amides is 1. The van der Waals surface area contributed by atoms with Crippen LogP contribution in [0.25, 0.3) is 0 Å². The maximum absolute atomic E-state index is 12.7. The molecule has 0 radical (unpaired) electrons.